The van der Waals surface area contributed by atoms with Gasteiger partial charge in [-0.1, -0.05) is 6.07 Å². The highest BCUT2D eigenvalue weighted by Crippen LogP contribution is 2.15. The normalized spacial score (nSPS) is 12.2. The van der Waals surface area contributed by atoms with Gasteiger partial charge in [-0.05, 0) is 45.4 Å². The third-order valence-electron chi connectivity index (χ3n) is 2.93. The third-order valence-corrected chi connectivity index (χ3v) is 2.93. The Kier molecular flexibility index (Phi) is 6.31. The van der Waals surface area contributed by atoms with Crippen molar-refractivity contribution in [1.82, 2.24) is 5.32 Å². The SMILES string of the molecule is CCN(CCC(C#N)NC(C)C)c1cccc(F)c1. The second kappa shape index (κ2) is 7.75. The second-order valence-corrected chi connectivity index (χ2v) is 4.85. The van der Waals surface area contributed by atoms with Crippen molar-refractivity contribution < 1.29 is 4.39 Å². The molecule has 4 heteroatoms. The summed E-state index contributed by atoms with van der Waals surface area (Å²) in [5.74, 6) is -0.229. The molecule has 0 amide bonds. The molecule has 0 heterocycles. The van der Waals surface area contributed by atoms with E-state index in [1.807, 2.05) is 26.8 Å². The van der Waals surface area contributed by atoms with Crippen LogP contribution < -0.4 is 10.2 Å². The lowest BCUT2D eigenvalue weighted by atomic mass is 10.2. The van der Waals surface area contributed by atoms with E-state index in [9.17, 15) is 4.39 Å². The van der Waals surface area contributed by atoms with Crippen LogP contribution in [0.3, 0.4) is 0 Å². The fourth-order valence-corrected chi connectivity index (χ4v) is 2.02. The van der Waals surface area contributed by atoms with Crippen LogP contribution in [-0.4, -0.2) is 25.2 Å². The Bertz CT molecular complexity index is 426. The van der Waals surface area contributed by atoms with Crippen molar-refractivity contribution in [2.45, 2.75) is 39.3 Å². The molecule has 0 aromatic heterocycles. The van der Waals surface area contributed by atoms with E-state index in [4.69, 9.17) is 5.26 Å². The van der Waals surface area contributed by atoms with Crippen LogP contribution in [0.2, 0.25) is 0 Å². The van der Waals surface area contributed by atoms with Crippen LogP contribution in [0.1, 0.15) is 27.2 Å². The maximum Gasteiger partial charge on any atom is 0.125 e. The molecule has 104 valence electrons. The average Bonchev–Trinajstić information content (AvgIpc) is 2.37. The Hall–Kier alpha value is -1.60. The van der Waals surface area contributed by atoms with Gasteiger partial charge in [0.1, 0.15) is 5.82 Å². The first kappa shape index (κ1) is 15.5. The van der Waals surface area contributed by atoms with E-state index in [0.717, 1.165) is 25.2 Å². The molecule has 1 atom stereocenters. The summed E-state index contributed by atoms with van der Waals surface area (Å²) in [6, 6.07) is 8.96. The van der Waals surface area contributed by atoms with Gasteiger partial charge in [0.05, 0.1) is 12.1 Å². The largest absolute Gasteiger partial charge is 0.372 e. The van der Waals surface area contributed by atoms with Gasteiger partial charge < -0.3 is 4.90 Å². The summed E-state index contributed by atoms with van der Waals surface area (Å²) in [5, 5.41) is 12.3. The van der Waals surface area contributed by atoms with Gasteiger partial charge >= 0.3 is 0 Å². The smallest absolute Gasteiger partial charge is 0.125 e. The van der Waals surface area contributed by atoms with Gasteiger partial charge in [-0.3, -0.25) is 5.32 Å². The Morgan fingerprint density at radius 1 is 1.42 bits per heavy atom. The lowest BCUT2D eigenvalue weighted by molar-refractivity contribution is 0.504. The number of halogens is 1. The zero-order valence-corrected chi connectivity index (χ0v) is 11.9. The molecule has 0 radical (unpaired) electrons. The van der Waals surface area contributed by atoms with Crippen molar-refractivity contribution in [1.29, 1.82) is 5.26 Å². The number of hydrogen-bond donors (Lipinski definition) is 1. The van der Waals surface area contributed by atoms with Crippen LogP contribution in [0.15, 0.2) is 24.3 Å². The van der Waals surface area contributed by atoms with Crippen LogP contribution in [0.5, 0.6) is 0 Å². The van der Waals surface area contributed by atoms with Crippen molar-refractivity contribution in [2.75, 3.05) is 18.0 Å². The second-order valence-electron chi connectivity index (χ2n) is 4.85. The molecule has 1 unspecified atom stereocenters. The highest BCUT2D eigenvalue weighted by molar-refractivity contribution is 5.46. The first-order chi connectivity index (χ1) is 9.06. The highest BCUT2D eigenvalue weighted by atomic mass is 19.1. The maximum absolute atomic E-state index is 13.2. The first-order valence-electron chi connectivity index (χ1n) is 6.73. The van der Waals surface area contributed by atoms with E-state index in [0.29, 0.717) is 0 Å². The van der Waals surface area contributed by atoms with E-state index in [1.54, 1.807) is 6.07 Å². The summed E-state index contributed by atoms with van der Waals surface area (Å²) in [6.07, 6.45) is 0.721. The van der Waals surface area contributed by atoms with E-state index in [-0.39, 0.29) is 17.9 Å². The van der Waals surface area contributed by atoms with Crippen molar-refractivity contribution in [3.05, 3.63) is 30.1 Å². The van der Waals surface area contributed by atoms with E-state index in [2.05, 4.69) is 16.3 Å². The molecule has 1 N–H and O–H groups in total. The van der Waals surface area contributed by atoms with Gasteiger partial charge in [0, 0.05) is 24.8 Å². The van der Waals surface area contributed by atoms with Crippen molar-refractivity contribution in [3.63, 3.8) is 0 Å². The Morgan fingerprint density at radius 3 is 2.68 bits per heavy atom. The molecule has 0 bridgehead atoms. The number of hydrogen-bond acceptors (Lipinski definition) is 3. The molecule has 0 aliphatic heterocycles. The minimum Gasteiger partial charge on any atom is -0.372 e. The van der Waals surface area contributed by atoms with Crippen LogP contribution in [-0.2, 0) is 0 Å². The summed E-state index contributed by atoms with van der Waals surface area (Å²) in [5.41, 5.74) is 0.865. The van der Waals surface area contributed by atoms with Crippen molar-refractivity contribution in [3.8, 4) is 6.07 Å². The van der Waals surface area contributed by atoms with Crippen LogP contribution >= 0.6 is 0 Å². The van der Waals surface area contributed by atoms with Gasteiger partial charge in [-0.2, -0.15) is 5.26 Å². The molecular weight excluding hydrogens is 241 g/mol. The van der Waals surface area contributed by atoms with Gasteiger partial charge in [0.25, 0.3) is 0 Å². The maximum atomic E-state index is 13.2. The van der Waals surface area contributed by atoms with Gasteiger partial charge in [0.15, 0.2) is 0 Å². The predicted octanol–water partition coefficient (Wildman–Crippen LogP) is 2.93. The molecular formula is C15H22FN3. The van der Waals surface area contributed by atoms with Crippen LogP contribution in [0.25, 0.3) is 0 Å². The number of rotatable bonds is 7. The predicted molar refractivity (Wildman–Crippen MR) is 76.6 cm³/mol. The molecule has 19 heavy (non-hydrogen) atoms. The molecule has 1 rings (SSSR count). The number of benzene rings is 1. The third kappa shape index (κ3) is 5.27. The molecule has 0 aliphatic carbocycles. The summed E-state index contributed by atoms with van der Waals surface area (Å²) < 4.78 is 13.2. The summed E-state index contributed by atoms with van der Waals surface area (Å²) in [4.78, 5) is 2.08. The van der Waals surface area contributed by atoms with E-state index >= 15 is 0 Å². The Morgan fingerprint density at radius 2 is 2.16 bits per heavy atom. The topological polar surface area (TPSA) is 39.1 Å². The molecule has 0 saturated carbocycles. The fourth-order valence-electron chi connectivity index (χ4n) is 2.02. The van der Waals surface area contributed by atoms with E-state index < -0.39 is 0 Å². The zero-order chi connectivity index (χ0) is 14.3. The molecule has 0 saturated heterocycles. The quantitative estimate of drug-likeness (QED) is 0.822. The molecule has 0 aliphatic rings. The lowest BCUT2D eigenvalue weighted by Gasteiger charge is -2.25. The zero-order valence-electron chi connectivity index (χ0n) is 11.9. The molecule has 0 fully saturated rings. The van der Waals surface area contributed by atoms with Crippen LogP contribution in [0.4, 0.5) is 10.1 Å². The standard InChI is InChI=1S/C15H22FN3/c1-4-19(15-7-5-6-13(16)10-15)9-8-14(11-17)18-12(2)3/h5-7,10,12,14,18H,4,8-9H2,1-3H3. The van der Waals surface area contributed by atoms with Gasteiger partial charge in [-0.25, -0.2) is 4.39 Å². The monoisotopic (exact) mass is 263 g/mol. The lowest BCUT2D eigenvalue weighted by Crippen LogP contribution is -2.37. The van der Waals surface area contributed by atoms with Gasteiger partial charge in [0.2, 0.25) is 0 Å². The summed E-state index contributed by atoms with van der Waals surface area (Å²) in [6.45, 7) is 7.60. The number of nitriles is 1. The van der Waals surface area contributed by atoms with Crippen molar-refractivity contribution in [2.24, 2.45) is 0 Å². The average molecular weight is 263 g/mol. The molecule has 1 aromatic carbocycles. The Balaban J connectivity index is 2.60. The minimum absolute atomic E-state index is 0.164. The van der Waals surface area contributed by atoms with Gasteiger partial charge in [-0.15, -0.1) is 0 Å². The molecule has 0 spiro atoms. The first-order valence-corrected chi connectivity index (χ1v) is 6.73. The Labute approximate surface area is 115 Å². The van der Waals surface area contributed by atoms with Crippen molar-refractivity contribution >= 4 is 5.69 Å². The molecule has 1 aromatic rings. The summed E-state index contributed by atoms with van der Waals surface area (Å²) >= 11 is 0. The number of anilines is 1. The highest BCUT2D eigenvalue weighted by Gasteiger charge is 2.11. The fraction of sp³-hybridized carbons (Fsp3) is 0.533. The van der Waals surface area contributed by atoms with Crippen LogP contribution in [0, 0.1) is 17.1 Å². The molecule has 3 nitrogen and oxygen atoms in total. The minimum atomic E-state index is -0.229. The van der Waals surface area contributed by atoms with E-state index in [1.165, 1.54) is 12.1 Å². The number of nitrogens with zero attached hydrogens (tertiary/aromatic N) is 2. The summed E-state index contributed by atoms with van der Waals surface area (Å²) in [7, 11) is 0. The number of nitrogens with one attached hydrogen (secondary N) is 1.